The molecular formula is C32H32N4O4. The van der Waals surface area contributed by atoms with Gasteiger partial charge < -0.3 is 19.9 Å². The summed E-state index contributed by atoms with van der Waals surface area (Å²) in [6.07, 6.45) is 2.20. The average Bonchev–Trinajstić information content (AvgIpc) is 3.44. The average molecular weight is 537 g/mol. The van der Waals surface area contributed by atoms with Crippen molar-refractivity contribution in [1.82, 2.24) is 15.2 Å². The van der Waals surface area contributed by atoms with Gasteiger partial charge in [-0.1, -0.05) is 42.5 Å². The number of carbonyl (C=O) groups is 3. The van der Waals surface area contributed by atoms with Gasteiger partial charge in [-0.2, -0.15) is 0 Å². The van der Waals surface area contributed by atoms with Gasteiger partial charge in [-0.05, 0) is 74.6 Å². The van der Waals surface area contributed by atoms with Crippen molar-refractivity contribution >= 4 is 34.4 Å². The molecule has 3 aromatic carbocycles. The Morgan fingerprint density at radius 3 is 2.60 bits per heavy atom. The molecule has 4 aromatic rings. The zero-order valence-electron chi connectivity index (χ0n) is 22.9. The molecule has 0 radical (unpaired) electrons. The van der Waals surface area contributed by atoms with Crippen LogP contribution >= 0.6 is 0 Å². The number of benzene rings is 3. The molecular weight excluding hydrogens is 504 g/mol. The molecule has 1 saturated heterocycles. The molecule has 2 aliphatic rings. The van der Waals surface area contributed by atoms with E-state index in [0.29, 0.717) is 29.9 Å². The molecule has 0 saturated carbocycles. The van der Waals surface area contributed by atoms with Crippen LogP contribution in [0.2, 0.25) is 0 Å². The standard InChI is InChI=1S/C32H32N4O4/c1-20(13-14-21-9-5-4-6-10-21)33-29(37)24-11-7-8-12-27(24)36-30(38)32(2)28-23(17-18-35(32)31(36)39)25-19-22(40-3)15-16-26(25)34-28/h4-12,15-16,19-20,34H,13-14,17-18H2,1-3H3,(H,33,37)/t20?,32-/m0/s1. The van der Waals surface area contributed by atoms with Crippen LogP contribution in [0.3, 0.4) is 0 Å². The third-order valence-electron chi connectivity index (χ3n) is 8.24. The second-order valence-corrected chi connectivity index (χ2v) is 10.7. The van der Waals surface area contributed by atoms with E-state index in [1.165, 1.54) is 10.5 Å². The number of amides is 4. The molecule has 8 heteroatoms. The molecule has 204 valence electrons. The van der Waals surface area contributed by atoms with Crippen molar-refractivity contribution in [3.8, 4) is 5.75 Å². The Morgan fingerprint density at radius 2 is 1.82 bits per heavy atom. The first-order valence-corrected chi connectivity index (χ1v) is 13.6. The summed E-state index contributed by atoms with van der Waals surface area (Å²) in [7, 11) is 1.62. The van der Waals surface area contributed by atoms with Crippen molar-refractivity contribution < 1.29 is 19.1 Å². The van der Waals surface area contributed by atoms with Crippen LogP contribution in [-0.4, -0.2) is 47.4 Å². The summed E-state index contributed by atoms with van der Waals surface area (Å²) in [5.74, 6) is 0.0369. The van der Waals surface area contributed by atoms with Crippen LogP contribution in [0.4, 0.5) is 10.5 Å². The maximum atomic E-state index is 14.2. The zero-order chi connectivity index (χ0) is 28.0. The van der Waals surface area contributed by atoms with E-state index in [0.717, 1.165) is 35.1 Å². The number of nitrogens with one attached hydrogen (secondary N) is 2. The zero-order valence-corrected chi connectivity index (χ0v) is 22.9. The number of H-pyrrole nitrogens is 1. The number of ether oxygens (including phenoxy) is 1. The van der Waals surface area contributed by atoms with Crippen LogP contribution in [0.15, 0.2) is 72.8 Å². The molecule has 1 fully saturated rings. The Balaban J connectivity index is 1.29. The number of fused-ring (bicyclic) bond motifs is 5. The predicted molar refractivity (Wildman–Crippen MR) is 154 cm³/mol. The lowest BCUT2D eigenvalue weighted by Gasteiger charge is -2.35. The van der Waals surface area contributed by atoms with Crippen molar-refractivity contribution in [3.05, 3.63) is 95.2 Å². The van der Waals surface area contributed by atoms with E-state index in [-0.39, 0.29) is 17.9 Å². The first-order valence-electron chi connectivity index (χ1n) is 13.6. The van der Waals surface area contributed by atoms with Crippen LogP contribution in [-0.2, 0) is 23.2 Å². The largest absolute Gasteiger partial charge is 0.497 e. The SMILES string of the molecule is COc1ccc2[nH]c3c(c2c1)CCN1C(=O)N(c2ccccc2C(=O)NC(C)CCc2ccccc2)C(=O)[C@]31C. The number of para-hydroxylation sites is 1. The van der Waals surface area contributed by atoms with E-state index in [1.54, 1.807) is 43.2 Å². The van der Waals surface area contributed by atoms with Gasteiger partial charge in [0.05, 0.1) is 24.1 Å². The van der Waals surface area contributed by atoms with E-state index in [9.17, 15) is 14.4 Å². The van der Waals surface area contributed by atoms with Crippen molar-refractivity contribution in [1.29, 1.82) is 0 Å². The Kier molecular flexibility index (Phi) is 6.33. The third kappa shape index (κ3) is 4.02. The first-order chi connectivity index (χ1) is 19.3. The quantitative estimate of drug-likeness (QED) is 0.319. The van der Waals surface area contributed by atoms with Gasteiger partial charge in [-0.3, -0.25) is 9.59 Å². The van der Waals surface area contributed by atoms with E-state index in [4.69, 9.17) is 4.74 Å². The Labute approximate surface area is 232 Å². The van der Waals surface area contributed by atoms with Gasteiger partial charge in [0.25, 0.3) is 11.8 Å². The highest BCUT2D eigenvalue weighted by Crippen LogP contribution is 2.46. The third-order valence-corrected chi connectivity index (χ3v) is 8.24. The summed E-state index contributed by atoms with van der Waals surface area (Å²) in [6.45, 7) is 4.13. The van der Waals surface area contributed by atoms with Gasteiger partial charge >= 0.3 is 6.03 Å². The highest BCUT2D eigenvalue weighted by atomic mass is 16.5. The Morgan fingerprint density at radius 1 is 1.07 bits per heavy atom. The minimum absolute atomic E-state index is 0.0968. The summed E-state index contributed by atoms with van der Waals surface area (Å²) in [6, 6.07) is 22.2. The number of rotatable bonds is 7. The second kappa shape index (κ2) is 9.86. The number of carbonyl (C=O) groups excluding carboxylic acids is 3. The monoisotopic (exact) mass is 536 g/mol. The second-order valence-electron chi connectivity index (χ2n) is 10.7. The molecule has 0 aliphatic carbocycles. The molecule has 0 spiro atoms. The molecule has 40 heavy (non-hydrogen) atoms. The smallest absolute Gasteiger partial charge is 0.332 e. The topological polar surface area (TPSA) is 94.7 Å². The number of hydrogen-bond donors (Lipinski definition) is 2. The lowest BCUT2D eigenvalue weighted by Crippen LogP contribution is -2.49. The van der Waals surface area contributed by atoms with Gasteiger partial charge in [0.2, 0.25) is 0 Å². The number of aryl methyl sites for hydroxylation is 1. The molecule has 2 N–H and O–H groups in total. The first kappa shape index (κ1) is 25.7. The molecule has 1 unspecified atom stereocenters. The number of hydrogen-bond acceptors (Lipinski definition) is 4. The summed E-state index contributed by atoms with van der Waals surface area (Å²) in [4.78, 5) is 47.6. The van der Waals surface area contributed by atoms with Gasteiger partial charge in [0, 0.05) is 23.5 Å². The number of urea groups is 1. The number of nitrogens with zero attached hydrogens (tertiary/aromatic N) is 2. The van der Waals surface area contributed by atoms with Crippen molar-refractivity contribution in [2.45, 2.75) is 44.7 Å². The van der Waals surface area contributed by atoms with Crippen LogP contribution in [0.25, 0.3) is 10.9 Å². The van der Waals surface area contributed by atoms with Crippen LogP contribution in [0.5, 0.6) is 5.75 Å². The number of anilines is 1. The maximum Gasteiger partial charge on any atom is 0.332 e. The fourth-order valence-corrected chi connectivity index (χ4v) is 6.02. The summed E-state index contributed by atoms with van der Waals surface area (Å²) < 4.78 is 5.42. The van der Waals surface area contributed by atoms with Gasteiger partial charge in [0.15, 0.2) is 5.54 Å². The maximum absolute atomic E-state index is 14.2. The molecule has 0 bridgehead atoms. The van der Waals surface area contributed by atoms with Crippen molar-refractivity contribution in [2.24, 2.45) is 0 Å². The Bertz CT molecular complexity index is 1630. The number of aromatic nitrogens is 1. The van der Waals surface area contributed by atoms with Crippen LogP contribution in [0, 0.1) is 0 Å². The summed E-state index contributed by atoms with van der Waals surface area (Å²) in [5.41, 5.74) is 3.17. The fraction of sp³-hybridized carbons (Fsp3) is 0.281. The lowest BCUT2D eigenvalue weighted by atomic mass is 9.87. The van der Waals surface area contributed by atoms with Gasteiger partial charge in [-0.25, -0.2) is 9.69 Å². The molecule has 2 aliphatic heterocycles. The van der Waals surface area contributed by atoms with E-state index in [1.807, 2.05) is 43.3 Å². The Hall–Kier alpha value is -4.59. The summed E-state index contributed by atoms with van der Waals surface area (Å²) in [5, 5.41) is 4.04. The molecule has 4 amide bonds. The fourth-order valence-electron chi connectivity index (χ4n) is 6.02. The molecule has 8 nitrogen and oxygen atoms in total. The normalized spacial score (nSPS) is 19.0. The number of aromatic amines is 1. The minimum atomic E-state index is -1.22. The van der Waals surface area contributed by atoms with Crippen molar-refractivity contribution in [2.75, 3.05) is 18.6 Å². The highest BCUT2D eigenvalue weighted by molar-refractivity contribution is 6.25. The van der Waals surface area contributed by atoms with E-state index >= 15 is 0 Å². The number of methoxy groups -OCH3 is 1. The summed E-state index contributed by atoms with van der Waals surface area (Å²) >= 11 is 0. The predicted octanol–water partition coefficient (Wildman–Crippen LogP) is 5.17. The van der Waals surface area contributed by atoms with Crippen LogP contribution in [0.1, 0.15) is 47.4 Å². The van der Waals surface area contributed by atoms with Crippen molar-refractivity contribution in [3.63, 3.8) is 0 Å². The molecule has 2 atom stereocenters. The van der Waals surface area contributed by atoms with E-state index < -0.39 is 11.6 Å². The van der Waals surface area contributed by atoms with Crippen LogP contribution < -0.4 is 15.0 Å². The minimum Gasteiger partial charge on any atom is -0.497 e. The molecule has 6 rings (SSSR count). The van der Waals surface area contributed by atoms with Gasteiger partial charge in [-0.15, -0.1) is 0 Å². The molecule has 1 aromatic heterocycles. The van der Waals surface area contributed by atoms with E-state index in [2.05, 4.69) is 22.4 Å². The molecule has 3 heterocycles. The lowest BCUT2D eigenvalue weighted by molar-refractivity contribution is -0.125. The highest BCUT2D eigenvalue weighted by Gasteiger charge is 2.59. The van der Waals surface area contributed by atoms with Gasteiger partial charge in [0.1, 0.15) is 5.75 Å². The number of imide groups is 1.